The predicted octanol–water partition coefficient (Wildman–Crippen LogP) is 3.47. The van der Waals surface area contributed by atoms with Gasteiger partial charge in [-0.25, -0.2) is 0 Å². The molecule has 0 aromatic carbocycles. The maximum atomic E-state index is 11.5. The number of aliphatic hydroxyl groups is 1. The zero-order valence-electron chi connectivity index (χ0n) is 15.8. The van der Waals surface area contributed by atoms with Crippen molar-refractivity contribution >= 4 is 5.97 Å². The van der Waals surface area contributed by atoms with E-state index in [9.17, 15) is 9.90 Å². The number of hydrogen-bond acceptors (Lipinski definition) is 5. The molecule has 138 valence electrons. The van der Waals surface area contributed by atoms with Crippen molar-refractivity contribution in [2.75, 3.05) is 19.8 Å². The number of carbonyl (C=O) groups is 1. The second-order valence-corrected chi connectivity index (χ2v) is 7.24. The maximum absolute atomic E-state index is 11.5. The molecule has 0 spiro atoms. The van der Waals surface area contributed by atoms with Crippen LogP contribution in [0.25, 0.3) is 0 Å². The Balaban J connectivity index is 3.74. The highest BCUT2D eigenvalue weighted by Crippen LogP contribution is 2.15. The van der Waals surface area contributed by atoms with E-state index in [0.29, 0.717) is 26.2 Å². The van der Waals surface area contributed by atoms with Gasteiger partial charge < -0.3 is 19.3 Å². The van der Waals surface area contributed by atoms with E-state index >= 15 is 0 Å². The van der Waals surface area contributed by atoms with Crippen LogP contribution < -0.4 is 0 Å². The Morgan fingerprint density at radius 2 is 1.74 bits per heavy atom. The maximum Gasteiger partial charge on any atom is 0.308 e. The van der Waals surface area contributed by atoms with Crippen molar-refractivity contribution in [3.63, 3.8) is 0 Å². The minimum absolute atomic E-state index is 0.129. The van der Waals surface area contributed by atoms with Crippen LogP contribution in [0, 0.1) is 0 Å². The molecule has 0 bridgehead atoms. The van der Waals surface area contributed by atoms with Crippen molar-refractivity contribution in [2.45, 2.75) is 91.0 Å². The lowest BCUT2D eigenvalue weighted by molar-refractivity contribution is -0.156. The second kappa shape index (κ2) is 11.0. The molecular weight excluding hydrogens is 296 g/mol. The van der Waals surface area contributed by atoms with Crippen LogP contribution in [0.15, 0.2) is 0 Å². The van der Waals surface area contributed by atoms with Crippen molar-refractivity contribution in [3.8, 4) is 0 Å². The van der Waals surface area contributed by atoms with Crippen molar-refractivity contribution in [2.24, 2.45) is 0 Å². The van der Waals surface area contributed by atoms with Crippen LogP contribution in [-0.4, -0.2) is 48.2 Å². The molecule has 0 amide bonds. The van der Waals surface area contributed by atoms with Crippen molar-refractivity contribution in [3.05, 3.63) is 0 Å². The minimum atomic E-state index is -0.651. The van der Waals surface area contributed by atoms with E-state index in [0.717, 1.165) is 19.3 Å². The van der Waals surface area contributed by atoms with Crippen LogP contribution in [0.4, 0.5) is 0 Å². The normalized spacial score (nSPS) is 16.0. The predicted molar refractivity (Wildman–Crippen MR) is 91.5 cm³/mol. The summed E-state index contributed by atoms with van der Waals surface area (Å²) in [7, 11) is 0. The summed E-state index contributed by atoms with van der Waals surface area (Å²) in [6.45, 7) is 12.9. The van der Waals surface area contributed by atoms with Gasteiger partial charge in [0.1, 0.15) is 5.60 Å². The number of rotatable bonds is 12. The SMILES string of the molecule is CCC(CCOCCC(=O)OC(C)(C)C)OCCC(C)(O)CC. The lowest BCUT2D eigenvalue weighted by Crippen LogP contribution is -2.26. The fraction of sp³-hybridized carbons (Fsp3) is 0.944. The first kappa shape index (κ1) is 22.4. The Bertz CT molecular complexity index is 320. The number of carbonyl (C=O) groups excluding carboxylic acids is 1. The Morgan fingerprint density at radius 3 is 2.26 bits per heavy atom. The van der Waals surface area contributed by atoms with Gasteiger partial charge in [0.2, 0.25) is 0 Å². The fourth-order valence-electron chi connectivity index (χ4n) is 1.89. The first-order chi connectivity index (χ1) is 10.6. The summed E-state index contributed by atoms with van der Waals surface area (Å²) in [6.07, 6.45) is 3.46. The average Bonchev–Trinajstić information content (AvgIpc) is 2.43. The van der Waals surface area contributed by atoms with Crippen molar-refractivity contribution in [1.82, 2.24) is 0 Å². The van der Waals surface area contributed by atoms with E-state index in [1.807, 2.05) is 34.6 Å². The summed E-state index contributed by atoms with van der Waals surface area (Å²) in [5.74, 6) is -0.234. The van der Waals surface area contributed by atoms with Gasteiger partial charge in [-0.15, -0.1) is 0 Å². The summed E-state index contributed by atoms with van der Waals surface area (Å²) < 4.78 is 16.5. The van der Waals surface area contributed by atoms with Gasteiger partial charge in [0.25, 0.3) is 0 Å². The van der Waals surface area contributed by atoms with Gasteiger partial charge in [0.15, 0.2) is 0 Å². The molecule has 0 aromatic heterocycles. The van der Waals surface area contributed by atoms with Gasteiger partial charge in [0, 0.05) is 13.2 Å². The third-order valence-electron chi connectivity index (χ3n) is 3.67. The van der Waals surface area contributed by atoms with E-state index in [-0.39, 0.29) is 18.5 Å². The molecule has 0 fully saturated rings. The molecule has 0 rings (SSSR count). The Kier molecular flexibility index (Phi) is 10.7. The summed E-state index contributed by atoms with van der Waals surface area (Å²) in [6, 6.07) is 0. The second-order valence-electron chi connectivity index (χ2n) is 7.24. The van der Waals surface area contributed by atoms with E-state index in [4.69, 9.17) is 14.2 Å². The van der Waals surface area contributed by atoms with Crippen molar-refractivity contribution < 1.29 is 24.1 Å². The molecule has 2 unspecified atom stereocenters. The van der Waals surface area contributed by atoms with E-state index in [1.54, 1.807) is 0 Å². The molecule has 2 atom stereocenters. The topological polar surface area (TPSA) is 65.0 Å². The summed E-state index contributed by atoms with van der Waals surface area (Å²) in [5, 5.41) is 9.94. The van der Waals surface area contributed by atoms with Gasteiger partial charge in [0.05, 0.1) is 24.7 Å². The molecule has 0 aromatic rings. The first-order valence-corrected chi connectivity index (χ1v) is 8.73. The molecule has 5 nitrogen and oxygen atoms in total. The molecule has 0 aliphatic rings. The molecule has 0 saturated carbocycles. The quantitative estimate of drug-likeness (QED) is 0.438. The number of hydrogen-bond donors (Lipinski definition) is 1. The van der Waals surface area contributed by atoms with E-state index in [2.05, 4.69) is 6.92 Å². The minimum Gasteiger partial charge on any atom is -0.460 e. The lowest BCUT2D eigenvalue weighted by atomic mass is 10.0. The molecule has 5 heteroatoms. The molecule has 0 radical (unpaired) electrons. The van der Waals surface area contributed by atoms with Crippen molar-refractivity contribution in [1.29, 1.82) is 0 Å². The third-order valence-corrected chi connectivity index (χ3v) is 3.67. The zero-order valence-corrected chi connectivity index (χ0v) is 15.8. The molecular formula is C18H36O5. The number of ether oxygens (including phenoxy) is 3. The average molecular weight is 332 g/mol. The molecule has 0 aliphatic heterocycles. The molecule has 0 aliphatic carbocycles. The summed E-state index contributed by atoms with van der Waals surface area (Å²) in [5.41, 5.74) is -1.10. The monoisotopic (exact) mass is 332 g/mol. The van der Waals surface area contributed by atoms with Gasteiger partial charge >= 0.3 is 5.97 Å². The molecule has 0 heterocycles. The zero-order chi connectivity index (χ0) is 17.9. The third kappa shape index (κ3) is 13.5. The first-order valence-electron chi connectivity index (χ1n) is 8.73. The van der Waals surface area contributed by atoms with Gasteiger partial charge in [-0.2, -0.15) is 0 Å². The van der Waals surface area contributed by atoms with E-state index in [1.165, 1.54) is 0 Å². The highest BCUT2D eigenvalue weighted by atomic mass is 16.6. The highest BCUT2D eigenvalue weighted by Gasteiger charge is 2.18. The standard InChI is InChI=1S/C18H36O5/c1-7-15(22-14-11-18(6,20)8-2)9-12-21-13-10-16(19)23-17(3,4)5/h15,20H,7-14H2,1-6H3. The Morgan fingerprint density at radius 1 is 1.09 bits per heavy atom. The Hall–Kier alpha value is -0.650. The van der Waals surface area contributed by atoms with Crippen LogP contribution in [-0.2, 0) is 19.0 Å². The van der Waals surface area contributed by atoms with Crippen LogP contribution >= 0.6 is 0 Å². The van der Waals surface area contributed by atoms with Gasteiger partial charge in [-0.3, -0.25) is 4.79 Å². The lowest BCUT2D eigenvalue weighted by Gasteiger charge is -2.23. The fourth-order valence-corrected chi connectivity index (χ4v) is 1.89. The van der Waals surface area contributed by atoms with Gasteiger partial charge in [-0.05, 0) is 53.4 Å². The van der Waals surface area contributed by atoms with Crippen LogP contribution in [0.5, 0.6) is 0 Å². The highest BCUT2D eigenvalue weighted by molar-refractivity contribution is 5.69. The smallest absolute Gasteiger partial charge is 0.308 e. The molecule has 23 heavy (non-hydrogen) atoms. The summed E-state index contributed by atoms with van der Waals surface area (Å²) >= 11 is 0. The van der Waals surface area contributed by atoms with Crippen LogP contribution in [0.2, 0.25) is 0 Å². The summed E-state index contributed by atoms with van der Waals surface area (Å²) in [4.78, 5) is 11.5. The van der Waals surface area contributed by atoms with Crippen LogP contribution in [0.3, 0.4) is 0 Å². The molecule has 1 N–H and O–H groups in total. The Labute approximate surface area is 141 Å². The molecule has 0 saturated heterocycles. The number of esters is 1. The van der Waals surface area contributed by atoms with Gasteiger partial charge in [-0.1, -0.05) is 13.8 Å². The largest absolute Gasteiger partial charge is 0.460 e. The van der Waals surface area contributed by atoms with E-state index < -0.39 is 11.2 Å². The van der Waals surface area contributed by atoms with Crippen LogP contribution in [0.1, 0.15) is 73.6 Å².